The van der Waals surface area contributed by atoms with E-state index in [0.29, 0.717) is 17.5 Å². The Balaban J connectivity index is 1.25. The number of likely N-dealkylation sites (tertiary alicyclic amines) is 1. The maximum absolute atomic E-state index is 5.90. The van der Waals surface area contributed by atoms with Crippen molar-refractivity contribution in [2.24, 2.45) is 0 Å². The van der Waals surface area contributed by atoms with Crippen LogP contribution in [0.2, 0.25) is 5.02 Å². The number of nitrogens with zero attached hydrogens (tertiary/aromatic N) is 5. The first kappa shape index (κ1) is 20.6. The molecule has 0 bridgehead atoms. The number of halogens is 1. The van der Waals surface area contributed by atoms with E-state index in [-0.39, 0.29) is 0 Å². The number of ether oxygens (including phenoxy) is 1. The Kier molecular flexibility index (Phi) is 6.50. The van der Waals surface area contributed by atoms with Gasteiger partial charge in [-0.1, -0.05) is 11.6 Å². The third-order valence-electron chi connectivity index (χ3n) is 5.29. The lowest BCUT2D eigenvalue weighted by Crippen LogP contribution is -2.20. The Morgan fingerprint density at radius 3 is 2.70 bits per heavy atom. The molecule has 158 valence electrons. The van der Waals surface area contributed by atoms with Crippen LogP contribution in [0, 0.1) is 0 Å². The highest BCUT2D eigenvalue weighted by molar-refractivity contribution is 6.30. The van der Waals surface area contributed by atoms with Gasteiger partial charge in [-0.15, -0.1) is 0 Å². The van der Waals surface area contributed by atoms with Crippen molar-refractivity contribution >= 4 is 17.5 Å². The maximum atomic E-state index is 5.90. The first-order valence-corrected chi connectivity index (χ1v) is 10.6. The van der Waals surface area contributed by atoms with Gasteiger partial charge in [0.1, 0.15) is 5.75 Å². The summed E-state index contributed by atoms with van der Waals surface area (Å²) in [5, 5.41) is 8.43. The predicted molar refractivity (Wildman–Crippen MR) is 118 cm³/mol. The number of hydrogen-bond acceptors (Lipinski definition) is 6. The summed E-state index contributed by atoms with van der Waals surface area (Å²) < 4.78 is 5.78. The molecule has 1 aliphatic heterocycles. The van der Waals surface area contributed by atoms with Gasteiger partial charge >= 0.3 is 0 Å². The van der Waals surface area contributed by atoms with E-state index in [1.54, 1.807) is 0 Å². The second kappa shape index (κ2) is 9.45. The minimum absolute atomic E-state index is 0.453. The van der Waals surface area contributed by atoms with Crippen LogP contribution in [0.4, 0.5) is 5.95 Å². The van der Waals surface area contributed by atoms with Gasteiger partial charge in [-0.2, -0.15) is 5.10 Å². The van der Waals surface area contributed by atoms with Crippen molar-refractivity contribution in [1.82, 2.24) is 25.1 Å². The third kappa shape index (κ3) is 5.29. The molecule has 7 nitrogen and oxygen atoms in total. The summed E-state index contributed by atoms with van der Waals surface area (Å²) in [7, 11) is 3.89. The highest BCUT2D eigenvalue weighted by Crippen LogP contribution is 2.27. The van der Waals surface area contributed by atoms with Gasteiger partial charge in [-0.05, 0) is 43.3 Å². The largest absolute Gasteiger partial charge is 0.493 e. The monoisotopic (exact) mass is 426 g/mol. The molecule has 1 saturated heterocycles. The van der Waals surface area contributed by atoms with E-state index < -0.39 is 0 Å². The summed E-state index contributed by atoms with van der Waals surface area (Å²) >= 11 is 5.90. The van der Waals surface area contributed by atoms with Crippen molar-refractivity contribution < 1.29 is 4.74 Å². The summed E-state index contributed by atoms with van der Waals surface area (Å²) in [6.07, 6.45) is 5.75. The molecule has 1 aromatic carbocycles. The summed E-state index contributed by atoms with van der Waals surface area (Å²) in [6.45, 7) is 3.53. The van der Waals surface area contributed by atoms with Gasteiger partial charge < -0.3 is 9.64 Å². The van der Waals surface area contributed by atoms with E-state index in [1.807, 2.05) is 55.7 Å². The smallest absolute Gasteiger partial charge is 0.224 e. The van der Waals surface area contributed by atoms with Crippen LogP contribution in [0.25, 0.3) is 0 Å². The molecule has 0 spiro atoms. The van der Waals surface area contributed by atoms with E-state index in [1.165, 1.54) is 0 Å². The number of benzene rings is 1. The minimum Gasteiger partial charge on any atom is -0.493 e. The second-order valence-corrected chi connectivity index (χ2v) is 8.31. The van der Waals surface area contributed by atoms with Gasteiger partial charge in [0.05, 0.1) is 12.3 Å². The fraction of sp³-hybridized carbons (Fsp3) is 0.409. The van der Waals surface area contributed by atoms with Crippen molar-refractivity contribution in [3.05, 3.63) is 64.7 Å². The van der Waals surface area contributed by atoms with Crippen LogP contribution in [-0.4, -0.2) is 58.9 Å². The fourth-order valence-electron chi connectivity index (χ4n) is 3.66. The Morgan fingerprint density at radius 1 is 1.20 bits per heavy atom. The topological polar surface area (TPSA) is 70.2 Å². The lowest BCUT2D eigenvalue weighted by molar-refractivity contribution is 0.320. The Hall–Kier alpha value is -2.64. The third-order valence-corrected chi connectivity index (χ3v) is 5.54. The highest BCUT2D eigenvalue weighted by atomic mass is 35.5. The summed E-state index contributed by atoms with van der Waals surface area (Å²) in [5.41, 5.74) is 3.38. The normalized spacial score (nSPS) is 16.7. The molecule has 1 aliphatic rings. The molecule has 0 aliphatic carbocycles. The zero-order valence-electron chi connectivity index (χ0n) is 17.4. The molecule has 4 rings (SSSR count). The van der Waals surface area contributed by atoms with Crippen LogP contribution in [0.3, 0.4) is 0 Å². The van der Waals surface area contributed by atoms with E-state index in [9.17, 15) is 0 Å². The number of rotatable bonds is 8. The highest BCUT2D eigenvalue weighted by Gasteiger charge is 2.26. The summed E-state index contributed by atoms with van der Waals surface area (Å²) in [4.78, 5) is 13.2. The van der Waals surface area contributed by atoms with Crippen LogP contribution >= 0.6 is 11.6 Å². The average molecular weight is 427 g/mol. The molecule has 8 heteroatoms. The first-order valence-electron chi connectivity index (χ1n) is 10.2. The molecule has 1 atom stereocenters. The molecule has 1 unspecified atom stereocenters. The van der Waals surface area contributed by atoms with Crippen LogP contribution in [0.1, 0.15) is 29.3 Å². The maximum Gasteiger partial charge on any atom is 0.224 e. The molecule has 1 fully saturated rings. The molecule has 0 saturated carbocycles. The van der Waals surface area contributed by atoms with Crippen LogP contribution in [-0.2, 0) is 13.0 Å². The van der Waals surface area contributed by atoms with Crippen molar-refractivity contribution in [3.8, 4) is 5.75 Å². The molecule has 0 radical (unpaired) electrons. The van der Waals surface area contributed by atoms with E-state index >= 15 is 0 Å². The predicted octanol–water partition coefficient (Wildman–Crippen LogP) is 3.53. The number of nitrogens with one attached hydrogen (secondary N) is 1. The number of anilines is 1. The molecule has 2 aromatic heterocycles. The molecule has 30 heavy (non-hydrogen) atoms. The van der Waals surface area contributed by atoms with Crippen molar-refractivity contribution in [1.29, 1.82) is 0 Å². The number of aromatic amines is 1. The molecular weight excluding hydrogens is 400 g/mol. The van der Waals surface area contributed by atoms with Gasteiger partial charge in [-0.3, -0.25) is 10.00 Å². The minimum atomic E-state index is 0.453. The van der Waals surface area contributed by atoms with E-state index in [2.05, 4.69) is 31.1 Å². The lowest BCUT2D eigenvalue weighted by atomic mass is 10.0. The summed E-state index contributed by atoms with van der Waals surface area (Å²) in [6, 6.07) is 9.60. The van der Waals surface area contributed by atoms with Crippen LogP contribution in [0.15, 0.2) is 42.7 Å². The van der Waals surface area contributed by atoms with Gasteiger partial charge in [0.25, 0.3) is 0 Å². The van der Waals surface area contributed by atoms with Crippen LogP contribution in [0.5, 0.6) is 5.75 Å². The van der Waals surface area contributed by atoms with Crippen molar-refractivity contribution in [2.75, 3.05) is 38.7 Å². The lowest BCUT2D eigenvalue weighted by Gasteiger charge is -2.16. The molecule has 3 heterocycles. The van der Waals surface area contributed by atoms with Gasteiger partial charge in [0, 0.05) is 68.2 Å². The Labute approximate surface area is 182 Å². The van der Waals surface area contributed by atoms with Crippen LogP contribution < -0.4 is 9.64 Å². The molecule has 3 aromatic rings. The Morgan fingerprint density at radius 2 is 1.97 bits per heavy atom. The van der Waals surface area contributed by atoms with Crippen molar-refractivity contribution in [2.45, 2.75) is 25.3 Å². The molecule has 1 N–H and O–H groups in total. The molecular formula is C22H27ClN6O. The van der Waals surface area contributed by atoms with Crippen molar-refractivity contribution in [3.63, 3.8) is 0 Å². The van der Waals surface area contributed by atoms with Gasteiger partial charge in [0.2, 0.25) is 5.95 Å². The fourth-order valence-corrected chi connectivity index (χ4v) is 3.79. The number of hydrogen-bond donors (Lipinski definition) is 1. The van der Waals surface area contributed by atoms with Gasteiger partial charge in [-0.25, -0.2) is 9.97 Å². The first-order chi connectivity index (χ1) is 14.6. The standard InChI is InChI=1S/C22H27ClN6O/c1-28(2)22-24-12-16(13-25-22)14-29-9-7-17(15-29)21-11-19(26-27-21)8-10-30-20-5-3-18(23)4-6-20/h3-6,11-13,17H,7-10,14-15H2,1-2H3,(H,26,27). The van der Waals surface area contributed by atoms with E-state index in [0.717, 1.165) is 61.1 Å². The quantitative estimate of drug-likeness (QED) is 0.594. The number of aromatic nitrogens is 4. The molecule has 0 amide bonds. The van der Waals surface area contributed by atoms with E-state index in [4.69, 9.17) is 16.3 Å². The second-order valence-electron chi connectivity index (χ2n) is 7.88. The zero-order valence-corrected chi connectivity index (χ0v) is 18.1. The van der Waals surface area contributed by atoms with Gasteiger partial charge in [0.15, 0.2) is 0 Å². The Bertz CT molecular complexity index is 941. The number of H-pyrrole nitrogens is 1. The zero-order chi connectivity index (χ0) is 20.9. The summed E-state index contributed by atoms with van der Waals surface area (Å²) in [5.74, 6) is 2.02. The SMILES string of the molecule is CN(C)c1ncc(CN2CCC(c3cc(CCOc4ccc(Cl)cc4)[nH]n3)C2)cn1. The average Bonchev–Trinajstić information content (AvgIpc) is 3.39.